The van der Waals surface area contributed by atoms with E-state index >= 15 is 0 Å². The number of morpholine rings is 1. The number of fused-ring (bicyclic) bond motifs is 2. The molecular formula is C20H20ClFN8O. The minimum absolute atomic E-state index is 0.0625. The number of aromatic nitrogens is 6. The van der Waals surface area contributed by atoms with Crippen LogP contribution < -0.4 is 10.2 Å². The summed E-state index contributed by atoms with van der Waals surface area (Å²) in [5.41, 5.74) is 3.20. The van der Waals surface area contributed by atoms with E-state index in [2.05, 4.69) is 25.3 Å². The summed E-state index contributed by atoms with van der Waals surface area (Å²) in [7, 11) is 0. The molecule has 2 aliphatic rings. The number of ether oxygens (including phenoxy) is 1. The van der Waals surface area contributed by atoms with E-state index < -0.39 is 5.82 Å². The predicted molar refractivity (Wildman–Crippen MR) is 114 cm³/mol. The molecule has 9 nitrogen and oxygen atoms in total. The first-order valence-corrected chi connectivity index (χ1v) is 10.7. The van der Waals surface area contributed by atoms with Crippen LogP contribution in [0.1, 0.15) is 30.1 Å². The molecule has 11 heteroatoms. The van der Waals surface area contributed by atoms with Crippen molar-refractivity contribution in [3.05, 3.63) is 40.6 Å². The fourth-order valence-electron chi connectivity index (χ4n) is 3.89. The third-order valence-corrected chi connectivity index (χ3v) is 5.97. The lowest BCUT2D eigenvalue weighted by atomic mass is 10.2. The van der Waals surface area contributed by atoms with Crippen LogP contribution in [0.25, 0.3) is 16.7 Å². The smallest absolute Gasteiger partial charge is 0.230 e. The maximum atomic E-state index is 13.7. The fraction of sp³-hybridized carbons (Fsp3) is 0.400. The molecule has 0 radical (unpaired) electrons. The number of hydrogen-bond donors (Lipinski definition) is 2. The first-order chi connectivity index (χ1) is 15.2. The van der Waals surface area contributed by atoms with Crippen molar-refractivity contribution in [2.45, 2.75) is 25.3 Å². The minimum atomic E-state index is -0.489. The van der Waals surface area contributed by atoms with Crippen molar-refractivity contribution < 1.29 is 9.13 Å². The Bertz CT molecular complexity index is 1240. The number of imidazole rings is 1. The zero-order valence-corrected chi connectivity index (χ0v) is 17.4. The van der Waals surface area contributed by atoms with Gasteiger partial charge in [-0.25, -0.2) is 9.37 Å². The second-order valence-corrected chi connectivity index (χ2v) is 8.28. The number of rotatable bonds is 5. The molecule has 1 saturated carbocycles. The highest BCUT2D eigenvalue weighted by molar-refractivity contribution is 6.31. The second kappa shape index (κ2) is 7.31. The lowest BCUT2D eigenvalue weighted by Crippen LogP contribution is -2.37. The molecule has 2 fully saturated rings. The highest BCUT2D eigenvalue weighted by atomic mass is 35.5. The largest absolute Gasteiger partial charge is 0.378 e. The molecule has 0 spiro atoms. The summed E-state index contributed by atoms with van der Waals surface area (Å²) < 4.78 is 20.9. The summed E-state index contributed by atoms with van der Waals surface area (Å²) in [6, 6.07) is 2.87. The monoisotopic (exact) mass is 442 g/mol. The van der Waals surface area contributed by atoms with Gasteiger partial charge in [-0.3, -0.25) is 0 Å². The van der Waals surface area contributed by atoms with Gasteiger partial charge in [-0.15, -0.1) is 0 Å². The van der Waals surface area contributed by atoms with Crippen LogP contribution in [0, 0.1) is 5.82 Å². The first kappa shape index (κ1) is 18.8. The van der Waals surface area contributed by atoms with Crippen molar-refractivity contribution in [2.24, 2.45) is 0 Å². The van der Waals surface area contributed by atoms with Crippen molar-refractivity contribution in [2.75, 3.05) is 36.5 Å². The van der Waals surface area contributed by atoms with Gasteiger partial charge in [0.1, 0.15) is 11.6 Å². The van der Waals surface area contributed by atoms with Gasteiger partial charge in [0.2, 0.25) is 11.9 Å². The van der Waals surface area contributed by atoms with Gasteiger partial charge in [-0.05, 0) is 24.8 Å². The summed E-state index contributed by atoms with van der Waals surface area (Å²) in [6.45, 7) is 3.17. The molecule has 4 aromatic rings. The Morgan fingerprint density at radius 3 is 2.84 bits per heavy atom. The molecule has 3 aromatic heterocycles. The lowest BCUT2D eigenvalue weighted by molar-refractivity contribution is 0.122. The van der Waals surface area contributed by atoms with E-state index in [4.69, 9.17) is 26.3 Å². The van der Waals surface area contributed by atoms with Gasteiger partial charge in [0.25, 0.3) is 0 Å². The Kier molecular flexibility index (Phi) is 4.43. The van der Waals surface area contributed by atoms with E-state index in [1.54, 1.807) is 4.52 Å². The Hall–Kier alpha value is -2.98. The number of anilines is 2. The number of benzene rings is 1. The van der Waals surface area contributed by atoms with Gasteiger partial charge < -0.3 is 19.9 Å². The molecule has 4 heterocycles. The molecule has 31 heavy (non-hydrogen) atoms. The van der Waals surface area contributed by atoms with Crippen molar-refractivity contribution in [3.8, 4) is 0 Å². The Balaban J connectivity index is 1.34. The Morgan fingerprint density at radius 2 is 2.03 bits per heavy atom. The zero-order chi connectivity index (χ0) is 20.9. The van der Waals surface area contributed by atoms with E-state index in [1.165, 1.54) is 25.0 Å². The molecule has 160 valence electrons. The average molecular weight is 443 g/mol. The van der Waals surface area contributed by atoms with Crippen molar-refractivity contribution in [1.82, 2.24) is 29.5 Å². The maximum Gasteiger partial charge on any atom is 0.230 e. The molecular weight excluding hydrogens is 423 g/mol. The number of nitrogens with zero attached hydrogens (tertiary/aromatic N) is 6. The van der Waals surface area contributed by atoms with Crippen molar-refractivity contribution in [3.63, 3.8) is 0 Å². The van der Waals surface area contributed by atoms with Crippen LogP contribution in [-0.4, -0.2) is 55.9 Å². The molecule has 2 N–H and O–H groups in total. The number of hydrogen-bond acceptors (Lipinski definition) is 7. The van der Waals surface area contributed by atoms with Crippen LogP contribution in [-0.2, 0) is 11.3 Å². The maximum absolute atomic E-state index is 13.7. The highest BCUT2D eigenvalue weighted by Crippen LogP contribution is 2.42. The van der Waals surface area contributed by atoms with Crippen LogP contribution in [0.15, 0.2) is 18.3 Å². The molecule has 1 aromatic carbocycles. The summed E-state index contributed by atoms with van der Waals surface area (Å²) in [5, 5.41) is 7.91. The normalized spacial score (nSPS) is 17.0. The summed E-state index contributed by atoms with van der Waals surface area (Å²) in [5.74, 6) is 1.93. The topological polar surface area (TPSA) is 96.3 Å². The molecule has 1 aliphatic carbocycles. The van der Waals surface area contributed by atoms with E-state index in [-0.39, 0.29) is 5.02 Å². The van der Waals surface area contributed by atoms with Gasteiger partial charge >= 0.3 is 0 Å². The number of nitrogens with one attached hydrogen (secondary N) is 2. The van der Waals surface area contributed by atoms with Crippen molar-refractivity contribution >= 4 is 40.2 Å². The van der Waals surface area contributed by atoms with Gasteiger partial charge in [0.05, 0.1) is 42.0 Å². The van der Waals surface area contributed by atoms with Crippen LogP contribution >= 0.6 is 11.6 Å². The quantitative estimate of drug-likeness (QED) is 0.490. The Labute approximate surface area is 181 Å². The summed E-state index contributed by atoms with van der Waals surface area (Å²) in [6.07, 6.45) is 4.22. The number of halogens is 2. The van der Waals surface area contributed by atoms with Gasteiger partial charge in [0.15, 0.2) is 5.65 Å². The number of aromatic amines is 1. The van der Waals surface area contributed by atoms with E-state index in [0.29, 0.717) is 54.4 Å². The van der Waals surface area contributed by atoms with Crippen LogP contribution in [0.3, 0.4) is 0 Å². The first-order valence-electron chi connectivity index (χ1n) is 10.3. The van der Waals surface area contributed by atoms with Crippen LogP contribution in [0.5, 0.6) is 0 Å². The standard InChI is InChI=1S/C20H20ClFN8O/c21-13-7-15-16(8-14(13)22)26-17(25-15)10-23-19-28-20(29-3-5-31-6-4-29)27-18-12(11-1-2-11)9-24-30(18)19/h7-9,11H,1-6,10H2,(H,25,26)(H,23,27,28). The molecule has 0 unspecified atom stereocenters. The van der Waals surface area contributed by atoms with E-state index in [1.807, 2.05) is 6.20 Å². The lowest BCUT2D eigenvalue weighted by Gasteiger charge is -2.27. The van der Waals surface area contributed by atoms with Gasteiger partial charge in [-0.1, -0.05) is 11.6 Å². The number of H-pyrrole nitrogens is 1. The summed E-state index contributed by atoms with van der Waals surface area (Å²) in [4.78, 5) is 19.3. The fourth-order valence-corrected chi connectivity index (χ4v) is 4.05. The molecule has 0 amide bonds. The van der Waals surface area contributed by atoms with E-state index in [9.17, 15) is 4.39 Å². The zero-order valence-electron chi connectivity index (χ0n) is 16.6. The van der Waals surface area contributed by atoms with E-state index in [0.717, 1.165) is 24.3 Å². The molecule has 1 saturated heterocycles. The molecule has 0 atom stereocenters. The third kappa shape index (κ3) is 3.45. The molecule has 1 aliphatic heterocycles. The third-order valence-electron chi connectivity index (χ3n) is 5.68. The minimum Gasteiger partial charge on any atom is -0.378 e. The highest BCUT2D eigenvalue weighted by Gasteiger charge is 2.29. The van der Waals surface area contributed by atoms with Crippen LogP contribution in [0.2, 0.25) is 5.02 Å². The van der Waals surface area contributed by atoms with Crippen LogP contribution in [0.4, 0.5) is 16.3 Å². The second-order valence-electron chi connectivity index (χ2n) is 7.88. The van der Waals surface area contributed by atoms with Gasteiger partial charge in [-0.2, -0.15) is 19.6 Å². The summed E-state index contributed by atoms with van der Waals surface area (Å²) >= 11 is 5.88. The Morgan fingerprint density at radius 1 is 1.19 bits per heavy atom. The average Bonchev–Trinajstić information content (AvgIpc) is 3.42. The molecule has 6 rings (SSSR count). The SMILES string of the molecule is Fc1cc2nc(CNc3nc(N4CCOCC4)nc4c(C5CC5)cnn34)[nH]c2cc1Cl. The van der Waals surface area contributed by atoms with Gasteiger partial charge in [0, 0.05) is 24.7 Å². The molecule has 0 bridgehead atoms. The van der Waals surface area contributed by atoms with Crippen molar-refractivity contribution in [1.29, 1.82) is 0 Å². The predicted octanol–water partition coefficient (Wildman–Crippen LogP) is 3.12.